The highest BCUT2D eigenvalue weighted by Gasteiger charge is 2.21. The molecule has 3 aromatic rings. The maximum atomic E-state index is 12.0. The number of hydrogen-bond acceptors (Lipinski definition) is 3. The van der Waals surface area contributed by atoms with Gasteiger partial charge in [-0.25, -0.2) is 0 Å². The van der Waals surface area contributed by atoms with Gasteiger partial charge in [0.05, 0.1) is 10.5 Å². The molecule has 0 radical (unpaired) electrons. The Balaban J connectivity index is 1.31. The molecule has 1 aliphatic rings. The summed E-state index contributed by atoms with van der Waals surface area (Å²) >= 11 is 9.86. The molecule has 2 heterocycles. The molecule has 0 atom stereocenters. The Morgan fingerprint density at radius 1 is 1.13 bits per heavy atom. The Kier molecular flexibility index (Phi) is 6.81. The number of rotatable bonds is 7. The minimum Gasteiger partial charge on any atom is -0.489 e. The fourth-order valence-corrected chi connectivity index (χ4v) is 4.98. The molecule has 30 heavy (non-hydrogen) atoms. The summed E-state index contributed by atoms with van der Waals surface area (Å²) in [6.45, 7) is 5.63. The zero-order chi connectivity index (χ0) is 21.1. The number of carbonyl (C=O) groups excluding carboxylic acids is 1. The van der Waals surface area contributed by atoms with E-state index in [0.717, 1.165) is 72.1 Å². The normalized spacial score (nSPS) is 15.6. The fraction of sp³-hybridized carbons (Fsp3) is 0.375. The molecule has 0 bridgehead atoms. The highest BCUT2D eigenvalue weighted by molar-refractivity contribution is 9.10. The lowest BCUT2D eigenvalue weighted by Crippen LogP contribution is -2.39. The summed E-state index contributed by atoms with van der Waals surface area (Å²) in [6, 6.07) is 13.7. The zero-order valence-corrected chi connectivity index (χ0v) is 19.5. The van der Waals surface area contributed by atoms with E-state index in [0.29, 0.717) is 5.02 Å². The van der Waals surface area contributed by atoms with Gasteiger partial charge in [-0.1, -0.05) is 35.9 Å². The first kappa shape index (κ1) is 21.4. The topological polar surface area (TPSA) is 34.5 Å². The summed E-state index contributed by atoms with van der Waals surface area (Å²) in [5.41, 5.74) is 1.90. The first-order chi connectivity index (χ1) is 14.5. The van der Waals surface area contributed by atoms with Crippen LogP contribution >= 0.6 is 27.5 Å². The summed E-state index contributed by atoms with van der Waals surface area (Å²) < 4.78 is 9.34. The largest absolute Gasteiger partial charge is 0.489 e. The molecule has 1 aliphatic heterocycles. The number of halogens is 2. The molecular formula is C24H26BrClN2O2. The van der Waals surface area contributed by atoms with Crippen molar-refractivity contribution in [2.24, 2.45) is 0 Å². The predicted octanol–water partition coefficient (Wildman–Crippen LogP) is 6.19. The molecule has 0 saturated carbocycles. The van der Waals surface area contributed by atoms with Crippen LogP contribution in [0.2, 0.25) is 5.02 Å². The average Bonchev–Trinajstić information content (AvgIpc) is 3.11. The van der Waals surface area contributed by atoms with Crippen molar-refractivity contribution in [1.82, 2.24) is 9.47 Å². The van der Waals surface area contributed by atoms with Gasteiger partial charge in [0.25, 0.3) is 0 Å². The number of benzene rings is 2. The molecule has 0 spiro atoms. The van der Waals surface area contributed by atoms with E-state index in [1.807, 2.05) is 48.7 Å². The van der Waals surface area contributed by atoms with E-state index in [9.17, 15) is 4.79 Å². The van der Waals surface area contributed by atoms with Crippen LogP contribution in [0.25, 0.3) is 10.9 Å². The van der Waals surface area contributed by atoms with Crippen molar-refractivity contribution in [3.05, 3.63) is 63.7 Å². The highest BCUT2D eigenvalue weighted by atomic mass is 79.9. The van der Waals surface area contributed by atoms with Crippen LogP contribution in [-0.4, -0.2) is 41.0 Å². The van der Waals surface area contributed by atoms with Crippen molar-refractivity contribution in [2.45, 2.75) is 38.8 Å². The molecule has 4 nitrogen and oxygen atoms in total. The Labute approximate surface area is 190 Å². The number of aryl methyl sites for hydroxylation is 1. The molecule has 1 aromatic heterocycles. The van der Waals surface area contributed by atoms with Gasteiger partial charge >= 0.3 is 0 Å². The Morgan fingerprint density at radius 3 is 2.63 bits per heavy atom. The Bertz CT molecular complexity index is 1040. The molecule has 1 fully saturated rings. The third kappa shape index (κ3) is 4.74. The molecule has 0 N–H and O–H groups in total. The first-order valence-corrected chi connectivity index (χ1v) is 11.6. The number of fused-ring (bicyclic) bond motifs is 1. The van der Waals surface area contributed by atoms with Crippen LogP contribution in [0, 0.1) is 0 Å². The lowest BCUT2D eigenvalue weighted by molar-refractivity contribution is 0.0994. The second-order valence-electron chi connectivity index (χ2n) is 7.87. The second kappa shape index (κ2) is 9.54. The number of nitrogens with zero attached hydrogens (tertiary/aromatic N) is 2. The van der Waals surface area contributed by atoms with Gasteiger partial charge in [-0.15, -0.1) is 0 Å². The summed E-state index contributed by atoms with van der Waals surface area (Å²) in [7, 11) is 0. The van der Waals surface area contributed by atoms with E-state index in [-0.39, 0.29) is 11.9 Å². The number of carbonyl (C=O) groups is 1. The Morgan fingerprint density at radius 2 is 1.90 bits per heavy atom. The first-order valence-electron chi connectivity index (χ1n) is 10.4. The monoisotopic (exact) mass is 488 g/mol. The number of likely N-dealkylation sites (tertiary alicyclic amines) is 1. The quantitative estimate of drug-likeness (QED) is 0.371. The number of Topliss-reactive ketones (excluding diaryl/α,β-unsaturated/α-hetero) is 1. The molecule has 1 saturated heterocycles. The minimum atomic E-state index is 0.109. The van der Waals surface area contributed by atoms with Crippen LogP contribution in [0.5, 0.6) is 5.75 Å². The molecular weight excluding hydrogens is 464 g/mol. The van der Waals surface area contributed by atoms with Gasteiger partial charge in [0.1, 0.15) is 11.9 Å². The number of piperidine rings is 1. The van der Waals surface area contributed by atoms with Crippen LogP contribution in [0.4, 0.5) is 0 Å². The lowest BCUT2D eigenvalue weighted by Gasteiger charge is -2.32. The molecule has 0 unspecified atom stereocenters. The maximum absolute atomic E-state index is 12.0. The van der Waals surface area contributed by atoms with Gasteiger partial charge in [-0.2, -0.15) is 0 Å². The SMILES string of the molecule is CC(=O)c1cn(CCCN2CCC(Oc3ccccc3Cl)CC2)c2c(Br)cccc12. The zero-order valence-electron chi connectivity index (χ0n) is 17.1. The summed E-state index contributed by atoms with van der Waals surface area (Å²) in [5, 5.41) is 1.70. The van der Waals surface area contributed by atoms with Crippen LogP contribution in [0.15, 0.2) is 53.1 Å². The van der Waals surface area contributed by atoms with Crippen molar-refractivity contribution in [1.29, 1.82) is 0 Å². The number of para-hydroxylation sites is 2. The van der Waals surface area contributed by atoms with Gasteiger partial charge < -0.3 is 14.2 Å². The van der Waals surface area contributed by atoms with Crippen LogP contribution in [0.1, 0.15) is 36.5 Å². The standard InChI is InChI=1S/C24H26BrClN2O2/c1-17(29)20-16-28(24-19(20)6-4-7-21(24)25)13-5-12-27-14-10-18(11-15-27)30-23-9-3-2-8-22(23)26/h2-4,6-9,16,18H,5,10-15H2,1H3. The number of ether oxygens (including phenoxy) is 1. The van der Waals surface area contributed by atoms with Gasteiger partial charge in [0.2, 0.25) is 0 Å². The smallest absolute Gasteiger partial charge is 0.161 e. The summed E-state index contributed by atoms with van der Waals surface area (Å²) in [6.07, 6.45) is 5.29. The average molecular weight is 490 g/mol. The lowest BCUT2D eigenvalue weighted by atomic mass is 10.1. The van der Waals surface area contributed by atoms with Crippen LogP contribution < -0.4 is 4.74 Å². The third-order valence-corrected chi connectivity index (χ3v) is 6.72. The van der Waals surface area contributed by atoms with E-state index in [1.165, 1.54) is 0 Å². The number of aromatic nitrogens is 1. The van der Waals surface area contributed by atoms with Crippen molar-refractivity contribution >= 4 is 44.2 Å². The molecule has 0 amide bonds. The van der Waals surface area contributed by atoms with E-state index in [1.54, 1.807) is 6.92 Å². The number of hydrogen-bond donors (Lipinski definition) is 0. The van der Waals surface area contributed by atoms with Gasteiger partial charge in [-0.05, 0) is 66.9 Å². The fourth-order valence-electron chi connectivity index (χ4n) is 4.21. The van der Waals surface area contributed by atoms with Gasteiger partial charge in [-0.3, -0.25) is 4.79 Å². The van der Waals surface area contributed by atoms with Gasteiger partial charge in [0.15, 0.2) is 5.78 Å². The maximum Gasteiger partial charge on any atom is 0.161 e. The van der Waals surface area contributed by atoms with E-state index in [2.05, 4.69) is 25.4 Å². The summed E-state index contributed by atoms with van der Waals surface area (Å²) in [4.78, 5) is 14.5. The van der Waals surface area contributed by atoms with Gasteiger partial charge in [0, 0.05) is 41.3 Å². The van der Waals surface area contributed by atoms with Crippen molar-refractivity contribution in [3.8, 4) is 5.75 Å². The molecule has 4 rings (SSSR count). The van der Waals surface area contributed by atoms with E-state index < -0.39 is 0 Å². The predicted molar refractivity (Wildman–Crippen MR) is 126 cm³/mol. The van der Waals surface area contributed by atoms with E-state index in [4.69, 9.17) is 16.3 Å². The van der Waals surface area contributed by atoms with E-state index >= 15 is 0 Å². The number of ketones is 1. The Hall–Kier alpha value is -1.82. The van der Waals surface area contributed by atoms with Crippen LogP contribution in [-0.2, 0) is 6.54 Å². The third-order valence-electron chi connectivity index (χ3n) is 5.77. The van der Waals surface area contributed by atoms with Crippen molar-refractivity contribution in [3.63, 3.8) is 0 Å². The highest BCUT2D eigenvalue weighted by Crippen LogP contribution is 2.29. The minimum absolute atomic E-state index is 0.109. The molecule has 2 aromatic carbocycles. The molecule has 0 aliphatic carbocycles. The van der Waals surface area contributed by atoms with Crippen LogP contribution in [0.3, 0.4) is 0 Å². The molecule has 158 valence electrons. The van der Waals surface area contributed by atoms with Crippen molar-refractivity contribution in [2.75, 3.05) is 19.6 Å². The van der Waals surface area contributed by atoms with Crippen molar-refractivity contribution < 1.29 is 9.53 Å². The summed E-state index contributed by atoms with van der Waals surface area (Å²) in [5.74, 6) is 0.890. The molecule has 6 heteroatoms. The second-order valence-corrected chi connectivity index (χ2v) is 9.13.